The summed E-state index contributed by atoms with van der Waals surface area (Å²) in [5.41, 5.74) is -0.474. The number of piperidine rings is 2. The number of likely N-dealkylation sites (tertiary alicyclic amines) is 2. The summed E-state index contributed by atoms with van der Waals surface area (Å²) in [6.07, 6.45) is 2.53. The average molecular weight is 505 g/mol. The zero-order valence-corrected chi connectivity index (χ0v) is 21.0. The van der Waals surface area contributed by atoms with Gasteiger partial charge in [0, 0.05) is 30.8 Å². The highest BCUT2D eigenvalue weighted by molar-refractivity contribution is 5.95. The largest absolute Gasteiger partial charge is 0.490 e. The van der Waals surface area contributed by atoms with Gasteiger partial charge in [-0.15, -0.1) is 0 Å². The van der Waals surface area contributed by atoms with E-state index in [2.05, 4.69) is 4.90 Å². The minimum absolute atomic E-state index is 0.113. The van der Waals surface area contributed by atoms with Crippen LogP contribution in [0, 0.1) is 17.6 Å². The van der Waals surface area contributed by atoms with Gasteiger partial charge in [-0.05, 0) is 88.4 Å². The van der Waals surface area contributed by atoms with Crippen LogP contribution in [0.15, 0.2) is 36.4 Å². The Morgan fingerprint density at radius 3 is 2.44 bits per heavy atom. The number of aliphatic hydroxyl groups excluding tert-OH is 1. The second-order valence-corrected chi connectivity index (χ2v) is 10.6. The van der Waals surface area contributed by atoms with Crippen LogP contribution in [0.5, 0.6) is 5.75 Å². The fourth-order valence-electron chi connectivity index (χ4n) is 5.04. The van der Waals surface area contributed by atoms with E-state index in [1.54, 1.807) is 19.9 Å². The van der Waals surface area contributed by atoms with Gasteiger partial charge < -0.3 is 19.6 Å². The second-order valence-electron chi connectivity index (χ2n) is 10.6. The monoisotopic (exact) mass is 504 g/mol. The lowest BCUT2D eigenvalue weighted by molar-refractivity contribution is 0.0473. The van der Waals surface area contributed by atoms with Gasteiger partial charge in [-0.1, -0.05) is 12.1 Å². The number of alkyl halides is 1. The fraction of sp³-hybridized carbons (Fsp3) is 0.536. The lowest BCUT2D eigenvalue weighted by Gasteiger charge is -2.34. The zero-order chi connectivity index (χ0) is 25.9. The van der Waals surface area contributed by atoms with Crippen molar-refractivity contribution in [2.45, 2.75) is 51.3 Å². The Morgan fingerprint density at radius 2 is 1.81 bits per heavy atom. The molecular formula is C28H35F3N2O3. The molecule has 2 heterocycles. The minimum Gasteiger partial charge on any atom is -0.490 e. The van der Waals surface area contributed by atoms with Crippen molar-refractivity contribution in [2.75, 3.05) is 39.3 Å². The molecular weight excluding hydrogens is 469 g/mol. The smallest absolute Gasteiger partial charge is 0.254 e. The van der Waals surface area contributed by atoms with Gasteiger partial charge >= 0.3 is 0 Å². The molecule has 2 aromatic carbocycles. The minimum atomic E-state index is -1.22. The van der Waals surface area contributed by atoms with Crippen LogP contribution in [0.1, 0.15) is 49.9 Å². The number of carbonyl (C=O) groups excluding carboxylic acids is 1. The third kappa shape index (κ3) is 6.79. The first kappa shape index (κ1) is 26.5. The number of amides is 1. The van der Waals surface area contributed by atoms with Crippen LogP contribution in [0.4, 0.5) is 13.2 Å². The Hall–Kier alpha value is -2.58. The number of benzene rings is 2. The van der Waals surface area contributed by atoms with E-state index in [-0.39, 0.29) is 35.2 Å². The van der Waals surface area contributed by atoms with E-state index in [1.165, 1.54) is 29.2 Å². The first-order valence-electron chi connectivity index (χ1n) is 12.7. The van der Waals surface area contributed by atoms with Gasteiger partial charge in [-0.2, -0.15) is 0 Å². The molecule has 0 saturated carbocycles. The molecule has 1 amide bonds. The van der Waals surface area contributed by atoms with Crippen molar-refractivity contribution in [1.82, 2.24) is 9.80 Å². The maximum absolute atomic E-state index is 14.9. The molecule has 0 spiro atoms. The molecule has 2 fully saturated rings. The molecule has 0 radical (unpaired) electrons. The SMILES string of the molecule is CC(C)(F)CN1CCC(COc2ccc(-c3ccc(C(=O)N4CCCC(O)C4)cc3F)cc2F)CC1. The number of ether oxygens (including phenoxy) is 1. The van der Waals surface area contributed by atoms with Crippen LogP contribution in [-0.4, -0.2) is 71.9 Å². The standard InChI is InChI=1S/C28H35F3N2O3/c1-28(2,31)18-32-12-9-19(10-13-32)17-36-26-8-6-20(14-25(26)30)23-7-5-21(15-24(23)29)27(35)33-11-3-4-22(34)16-33/h5-8,14-15,19,22,34H,3-4,9-13,16-18H2,1-2H3. The lowest BCUT2D eigenvalue weighted by atomic mass is 9.96. The van der Waals surface area contributed by atoms with E-state index in [0.717, 1.165) is 32.0 Å². The quantitative estimate of drug-likeness (QED) is 0.572. The average Bonchev–Trinajstić information content (AvgIpc) is 2.83. The Balaban J connectivity index is 1.35. The summed E-state index contributed by atoms with van der Waals surface area (Å²) in [5, 5.41) is 9.80. The second kappa shape index (κ2) is 11.2. The maximum atomic E-state index is 14.9. The number of halogens is 3. The predicted molar refractivity (Wildman–Crippen MR) is 133 cm³/mol. The van der Waals surface area contributed by atoms with Gasteiger partial charge in [-0.3, -0.25) is 4.79 Å². The molecule has 1 unspecified atom stereocenters. The first-order valence-corrected chi connectivity index (χ1v) is 12.7. The number of nitrogens with zero attached hydrogens (tertiary/aromatic N) is 2. The fourth-order valence-corrected chi connectivity index (χ4v) is 5.04. The summed E-state index contributed by atoms with van der Waals surface area (Å²) in [4.78, 5) is 16.3. The normalized spacial score (nSPS) is 19.9. The summed E-state index contributed by atoms with van der Waals surface area (Å²) in [6.45, 7) is 6.29. The highest BCUT2D eigenvalue weighted by Gasteiger charge is 2.26. The molecule has 0 bridgehead atoms. The van der Waals surface area contributed by atoms with Crippen molar-refractivity contribution >= 4 is 5.91 Å². The van der Waals surface area contributed by atoms with Gasteiger partial charge in [0.15, 0.2) is 11.6 Å². The molecule has 4 rings (SSSR count). The molecule has 0 aromatic heterocycles. The predicted octanol–water partition coefficient (Wildman–Crippen LogP) is 5.07. The lowest BCUT2D eigenvalue weighted by Crippen LogP contribution is -2.42. The van der Waals surface area contributed by atoms with Crippen LogP contribution in [-0.2, 0) is 0 Å². The highest BCUT2D eigenvalue weighted by Crippen LogP contribution is 2.30. The number of rotatable bonds is 7. The van der Waals surface area contributed by atoms with Crippen molar-refractivity contribution in [3.8, 4) is 16.9 Å². The molecule has 5 nitrogen and oxygen atoms in total. The van der Waals surface area contributed by atoms with Crippen molar-refractivity contribution in [1.29, 1.82) is 0 Å². The zero-order valence-electron chi connectivity index (χ0n) is 21.0. The van der Waals surface area contributed by atoms with Gasteiger partial charge in [0.2, 0.25) is 0 Å². The van der Waals surface area contributed by atoms with Crippen LogP contribution in [0.25, 0.3) is 11.1 Å². The Morgan fingerprint density at radius 1 is 1.06 bits per heavy atom. The highest BCUT2D eigenvalue weighted by atomic mass is 19.1. The van der Waals surface area contributed by atoms with Crippen molar-refractivity contribution in [3.63, 3.8) is 0 Å². The molecule has 2 aromatic rings. The molecule has 1 atom stereocenters. The summed E-state index contributed by atoms with van der Waals surface area (Å²) >= 11 is 0. The molecule has 8 heteroatoms. The molecule has 36 heavy (non-hydrogen) atoms. The summed E-state index contributed by atoms with van der Waals surface area (Å²) in [5.74, 6) is -1.14. The third-order valence-electron chi connectivity index (χ3n) is 6.92. The number of aliphatic hydroxyl groups is 1. The Labute approximate surface area is 210 Å². The third-order valence-corrected chi connectivity index (χ3v) is 6.92. The topological polar surface area (TPSA) is 53.0 Å². The summed E-state index contributed by atoms with van der Waals surface area (Å²) < 4.78 is 49.3. The van der Waals surface area contributed by atoms with Gasteiger partial charge in [0.25, 0.3) is 5.91 Å². The van der Waals surface area contributed by atoms with Gasteiger partial charge in [-0.25, -0.2) is 13.2 Å². The van der Waals surface area contributed by atoms with E-state index >= 15 is 0 Å². The molecule has 2 aliphatic heterocycles. The van der Waals surface area contributed by atoms with E-state index in [1.807, 2.05) is 0 Å². The van der Waals surface area contributed by atoms with E-state index in [0.29, 0.717) is 38.1 Å². The first-order chi connectivity index (χ1) is 17.1. The molecule has 1 N–H and O–H groups in total. The summed E-state index contributed by atoms with van der Waals surface area (Å²) in [7, 11) is 0. The van der Waals surface area contributed by atoms with Gasteiger partial charge in [0.05, 0.1) is 12.7 Å². The number of hydrogen-bond donors (Lipinski definition) is 1. The number of hydrogen-bond acceptors (Lipinski definition) is 4. The van der Waals surface area contributed by atoms with Crippen molar-refractivity contribution < 1.29 is 27.8 Å². The molecule has 2 saturated heterocycles. The van der Waals surface area contributed by atoms with Crippen LogP contribution in [0.2, 0.25) is 0 Å². The van der Waals surface area contributed by atoms with E-state index in [4.69, 9.17) is 4.74 Å². The summed E-state index contributed by atoms with van der Waals surface area (Å²) in [6, 6.07) is 8.51. The maximum Gasteiger partial charge on any atom is 0.254 e. The molecule has 2 aliphatic rings. The van der Waals surface area contributed by atoms with Crippen molar-refractivity contribution in [3.05, 3.63) is 53.6 Å². The van der Waals surface area contributed by atoms with Gasteiger partial charge in [0.1, 0.15) is 11.5 Å². The van der Waals surface area contributed by atoms with E-state index in [9.17, 15) is 23.1 Å². The molecule has 196 valence electrons. The Kier molecular flexibility index (Phi) is 8.25. The number of carbonyl (C=O) groups is 1. The molecule has 0 aliphatic carbocycles. The van der Waals surface area contributed by atoms with Crippen LogP contribution < -0.4 is 4.74 Å². The van der Waals surface area contributed by atoms with Crippen molar-refractivity contribution in [2.24, 2.45) is 5.92 Å². The van der Waals surface area contributed by atoms with Crippen LogP contribution in [0.3, 0.4) is 0 Å². The van der Waals surface area contributed by atoms with Crippen LogP contribution >= 0.6 is 0 Å². The number of β-amino-alcohol motifs (C(OH)–C–C–N with tert-alkyl or cyclic N) is 1. The Bertz CT molecular complexity index is 1060. The van der Waals surface area contributed by atoms with E-state index < -0.39 is 23.4 Å².